The van der Waals surface area contributed by atoms with Gasteiger partial charge in [-0.1, -0.05) is 29.7 Å². The van der Waals surface area contributed by atoms with Crippen LogP contribution >= 0.6 is 11.6 Å². The number of phenolic OH excluding ortho intramolecular Hbond substituents is 1. The molecule has 2 heterocycles. The zero-order chi connectivity index (χ0) is 22.8. The van der Waals surface area contributed by atoms with Crippen molar-refractivity contribution in [2.45, 2.75) is 32.0 Å². The van der Waals surface area contributed by atoms with Crippen LogP contribution in [0.15, 0.2) is 36.4 Å². The molecule has 0 aliphatic carbocycles. The summed E-state index contributed by atoms with van der Waals surface area (Å²) in [5, 5.41) is 14.6. The van der Waals surface area contributed by atoms with E-state index >= 15 is 0 Å². The molecule has 4 rings (SSSR count). The summed E-state index contributed by atoms with van der Waals surface area (Å²) in [4.78, 5) is 49.7. The Bertz CT molecular complexity index is 1210. The first-order chi connectivity index (χ1) is 15.3. The molecule has 1 atom stereocenters. The Balaban J connectivity index is 1.39. The van der Waals surface area contributed by atoms with E-state index in [1.807, 2.05) is 6.07 Å². The minimum atomic E-state index is -0.669. The molecule has 2 aliphatic rings. The van der Waals surface area contributed by atoms with Gasteiger partial charge in [-0.05, 0) is 41.8 Å². The van der Waals surface area contributed by atoms with Gasteiger partial charge in [0.25, 0.3) is 11.8 Å². The fourth-order valence-electron chi connectivity index (χ4n) is 3.69. The fraction of sp³-hybridized carbons (Fsp3) is 0.217. The first kappa shape index (κ1) is 21.4. The predicted octanol–water partition coefficient (Wildman–Crippen LogP) is 1.47. The van der Waals surface area contributed by atoms with Crippen LogP contribution in [-0.2, 0) is 27.5 Å². The number of rotatable bonds is 3. The van der Waals surface area contributed by atoms with E-state index in [1.54, 1.807) is 12.1 Å². The zero-order valence-electron chi connectivity index (χ0n) is 16.8. The number of aromatic hydroxyl groups is 1. The van der Waals surface area contributed by atoms with Gasteiger partial charge in [-0.25, -0.2) is 0 Å². The number of fused-ring (bicyclic) bond motifs is 1. The van der Waals surface area contributed by atoms with Crippen LogP contribution in [0.2, 0.25) is 5.02 Å². The lowest BCUT2D eigenvalue weighted by Crippen LogP contribution is -2.52. The first-order valence-electron chi connectivity index (χ1n) is 9.86. The molecule has 1 unspecified atom stereocenters. The lowest BCUT2D eigenvalue weighted by atomic mass is 10.0. The van der Waals surface area contributed by atoms with Crippen molar-refractivity contribution in [1.82, 2.24) is 15.5 Å². The number of nitrogens with zero attached hydrogens (tertiary/aromatic N) is 1. The second kappa shape index (κ2) is 8.73. The summed E-state index contributed by atoms with van der Waals surface area (Å²) < 4.78 is 0. The minimum Gasteiger partial charge on any atom is -0.508 e. The lowest BCUT2D eigenvalue weighted by molar-refractivity contribution is -0.137. The van der Waals surface area contributed by atoms with E-state index < -0.39 is 17.9 Å². The molecule has 0 radical (unpaired) electrons. The monoisotopic (exact) mass is 451 g/mol. The summed E-state index contributed by atoms with van der Waals surface area (Å²) >= 11 is 5.97. The van der Waals surface area contributed by atoms with Gasteiger partial charge in [0.15, 0.2) is 0 Å². The average Bonchev–Trinajstić information content (AvgIpc) is 3.07. The highest BCUT2D eigenvalue weighted by atomic mass is 35.5. The van der Waals surface area contributed by atoms with Gasteiger partial charge >= 0.3 is 0 Å². The molecule has 1 fully saturated rings. The van der Waals surface area contributed by atoms with Gasteiger partial charge in [-0.15, -0.1) is 0 Å². The number of benzene rings is 2. The quantitative estimate of drug-likeness (QED) is 0.483. The van der Waals surface area contributed by atoms with Crippen molar-refractivity contribution in [2.24, 2.45) is 0 Å². The highest BCUT2D eigenvalue weighted by molar-refractivity contribution is 6.32. The Hall–Kier alpha value is -3.83. The van der Waals surface area contributed by atoms with Crippen LogP contribution in [0.4, 0.5) is 0 Å². The first-order valence-corrected chi connectivity index (χ1v) is 10.2. The molecule has 2 aliphatic heterocycles. The van der Waals surface area contributed by atoms with Crippen LogP contribution in [0.3, 0.4) is 0 Å². The zero-order valence-corrected chi connectivity index (χ0v) is 17.5. The third kappa shape index (κ3) is 4.43. The van der Waals surface area contributed by atoms with E-state index in [2.05, 4.69) is 22.5 Å². The van der Waals surface area contributed by atoms with Gasteiger partial charge in [0.2, 0.25) is 11.8 Å². The molecule has 8 nitrogen and oxygen atoms in total. The standard InChI is InChI=1S/C23H18ClN3O5/c24-18-10-16(28)4-2-14(18)3-7-20(29)25-11-13-1-5-17-15(9-13)12-27(23(17)32)19-6-8-21(30)26-22(19)31/h1-2,4-5,9-10,19,28H,6,8,11-12H2,(H,25,29)(H,26,30,31). The van der Waals surface area contributed by atoms with Gasteiger partial charge in [0.1, 0.15) is 11.8 Å². The van der Waals surface area contributed by atoms with Gasteiger partial charge in [-0.3, -0.25) is 24.5 Å². The topological polar surface area (TPSA) is 116 Å². The molecule has 2 aromatic rings. The van der Waals surface area contributed by atoms with Crippen molar-refractivity contribution < 1.29 is 24.3 Å². The predicted molar refractivity (Wildman–Crippen MR) is 114 cm³/mol. The molecule has 3 N–H and O–H groups in total. The van der Waals surface area contributed by atoms with Crippen LogP contribution in [0.1, 0.15) is 39.9 Å². The van der Waals surface area contributed by atoms with Crippen LogP contribution in [-0.4, -0.2) is 39.7 Å². The third-order valence-corrected chi connectivity index (χ3v) is 5.62. The van der Waals surface area contributed by atoms with E-state index in [4.69, 9.17) is 11.6 Å². The van der Waals surface area contributed by atoms with Crippen molar-refractivity contribution in [1.29, 1.82) is 0 Å². The Kier molecular flexibility index (Phi) is 5.84. The van der Waals surface area contributed by atoms with Crippen molar-refractivity contribution in [3.05, 3.63) is 63.7 Å². The molecule has 32 heavy (non-hydrogen) atoms. The van der Waals surface area contributed by atoms with E-state index in [1.165, 1.54) is 23.1 Å². The number of imide groups is 1. The van der Waals surface area contributed by atoms with Gasteiger partial charge in [0, 0.05) is 36.6 Å². The number of amides is 4. The van der Waals surface area contributed by atoms with E-state index in [-0.39, 0.29) is 42.1 Å². The highest BCUT2D eigenvalue weighted by Crippen LogP contribution is 2.28. The van der Waals surface area contributed by atoms with Crippen molar-refractivity contribution in [2.75, 3.05) is 0 Å². The van der Waals surface area contributed by atoms with Crippen molar-refractivity contribution >= 4 is 35.2 Å². The summed E-state index contributed by atoms with van der Waals surface area (Å²) in [7, 11) is 0. The maximum absolute atomic E-state index is 12.7. The molecule has 0 aromatic heterocycles. The molecule has 0 bridgehead atoms. The van der Waals surface area contributed by atoms with Crippen LogP contribution in [0, 0.1) is 11.8 Å². The highest BCUT2D eigenvalue weighted by Gasteiger charge is 2.39. The van der Waals surface area contributed by atoms with Gasteiger partial charge in [-0.2, -0.15) is 0 Å². The number of halogens is 1. The van der Waals surface area contributed by atoms with Crippen molar-refractivity contribution in [3.8, 4) is 17.6 Å². The van der Waals surface area contributed by atoms with Crippen LogP contribution in [0.5, 0.6) is 5.75 Å². The maximum atomic E-state index is 12.7. The molecule has 9 heteroatoms. The number of hydrogen-bond acceptors (Lipinski definition) is 5. The lowest BCUT2D eigenvalue weighted by Gasteiger charge is -2.29. The number of phenols is 1. The SMILES string of the molecule is O=C(C#Cc1ccc(O)cc1Cl)NCc1ccc2c(c1)CN(C1CCC(=O)NC1=O)C2=O. The maximum Gasteiger partial charge on any atom is 0.296 e. The largest absolute Gasteiger partial charge is 0.508 e. The van der Waals surface area contributed by atoms with Crippen LogP contribution in [0.25, 0.3) is 0 Å². The molecule has 162 valence electrons. The molecule has 4 amide bonds. The second-order valence-corrected chi connectivity index (χ2v) is 7.90. The Morgan fingerprint density at radius 3 is 2.78 bits per heavy atom. The molecular formula is C23H18ClN3O5. The normalized spacial score (nSPS) is 17.3. The Labute approximate surface area is 188 Å². The number of carbonyl (C=O) groups excluding carboxylic acids is 4. The third-order valence-electron chi connectivity index (χ3n) is 5.30. The second-order valence-electron chi connectivity index (χ2n) is 7.49. The number of nitrogens with one attached hydrogen (secondary N) is 2. The summed E-state index contributed by atoms with van der Waals surface area (Å²) in [6.45, 7) is 0.470. The number of piperidine rings is 1. The molecular weight excluding hydrogens is 434 g/mol. The minimum absolute atomic E-state index is 0.0104. The summed E-state index contributed by atoms with van der Waals surface area (Å²) in [6, 6.07) is 8.83. The molecule has 0 saturated carbocycles. The van der Waals surface area contributed by atoms with Crippen LogP contribution < -0.4 is 10.6 Å². The fourth-order valence-corrected chi connectivity index (χ4v) is 3.92. The Morgan fingerprint density at radius 2 is 2.03 bits per heavy atom. The summed E-state index contributed by atoms with van der Waals surface area (Å²) in [5.41, 5.74) is 2.46. The number of hydrogen-bond donors (Lipinski definition) is 3. The smallest absolute Gasteiger partial charge is 0.296 e. The molecule has 2 aromatic carbocycles. The summed E-state index contributed by atoms with van der Waals surface area (Å²) in [5.74, 6) is 3.57. The number of carbonyl (C=O) groups is 4. The van der Waals surface area contributed by atoms with Crippen molar-refractivity contribution in [3.63, 3.8) is 0 Å². The average molecular weight is 452 g/mol. The summed E-state index contributed by atoms with van der Waals surface area (Å²) in [6.07, 6.45) is 0.501. The molecule has 0 spiro atoms. The Morgan fingerprint density at radius 1 is 1.22 bits per heavy atom. The van der Waals surface area contributed by atoms with E-state index in [0.29, 0.717) is 17.5 Å². The van der Waals surface area contributed by atoms with E-state index in [9.17, 15) is 24.3 Å². The molecule has 1 saturated heterocycles. The van der Waals surface area contributed by atoms with Gasteiger partial charge < -0.3 is 15.3 Å². The van der Waals surface area contributed by atoms with E-state index in [0.717, 1.165) is 11.1 Å². The van der Waals surface area contributed by atoms with Gasteiger partial charge in [0.05, 0.1) is 5.02 Å².